The molecule has 4 fully saturated rings. The Balaban J connectivity index is 0.960. The van der Waals surface area contributed by atoms with Crippen molar-refractivity contribution in [2.75, 3.05) is 0 Å². The first-order valence-electron chi connectivity index (χ1n) is 24.1. The Labute approximate surface area is 391 Å². The minimum Gasteiger partial charge on any atom is -0.208 e. The Morgan fingerprint density at radius 3 is 1.46 bits per heavy atom. The minimum atomic E-state index is -0.414. The third-order valence-corrected chi connectivity index (χ3v) is 16.6. The fourth-order valence-electron chi connectivity index (χ4n) is 14.3. The summed E-state index contributed by atoms with van der Waals surface area (Å²) in [5.74, 6) is 4.74. The summed E-state index contributed by atoms with van der Waals surface area (Å²) in [5.41, 5.74) is 18.7. The number of nitrogens with zero attached hydrogens (tertiary/aromatic N) is 4. The van der Waals surface area contributed by atoms with Crippen LogP contribution in [-0.4, -0.2) is 15.0 Å². The van der Waals surface area contributed by atoms with Gasteiger partial charge in [-0.25, -0.2) is 15.0 Å². The highest BCUT2D eigenvalue weighted by atomic mass is 15.0. The van der Waals surface area contributed by atoms with E-state index in [9.17, 15) is 5.26 Å². The summed E-state index contributed by atoms with van der Waals surface area (Å²) in [6.07, 6.45) is 6.69. The van der Waals surface area contributed by atoms with Gasteiger partial charge >= 0.3 is 0 Å². The Morgan fingerprint density at radius 1 is 0.358 bits per heavy atom. The predicted octanol–water partition coefficient (Wildman–Crippen LogP) is 14.5. The van der Waals surface area contributed by atoms with Crippen LogP contribution in [0.4, 0.5) is 0 Å². The second-order valence-corrected chi connectivity index (χ2v) is 19.8. The molecule has 8 aromatic carbocycles. The molecule has 0 aliphatic heterocycles. The van der Waals surface area contributed by atoms with Crippen LogP contribution in [0.25, 0.3) is 67.5 Å². The fourth-order valence-corrected chi connectivity index (χ4v) is 14.3. The van der Waals surface area contributed by atoms with Gasteiger partial charge < -0.3 is 0 Å². The molecule has 318 valence electrons. The van der Waals surface area contributed by atoms with Gasteiger partial charge in [-0.05, 0) is 147 Å². The molecule has 2 spiro atoms. The maximum Gasteiger partial charge on any atom is 0.164 e. The molecule has 4 bridgehead atoms. The van der Waals surface area contributed by atoms with E-state index in [0.29, 0.717) is 34.9 Å². The predicted molar refractivity (Wildman–Crippen MR) is 267 cm³/mol. The van der Waals surface area contributed by atoms with Gasteiger partial charge in [0.2, 0.25) is 0 Å². The van der Waals surface area contributed by atoms with Gasteiger partial charge in [-0.3, -0.25) is 0 Å². The van der Waals surface area contributed by atoms with Gasteiger partial charge in [0.25, 0.3) is 0 Å². The van der Waals surface area contributed by atoms with Crippen molar-refractivity contribution in [2.24, 2.45) is 23.7 Å². The molecule has 4 heteroatoms. The number of fused-ring (bicyclic) bond motifs is 9. The minimum absolute atomic E-state index is 0.0549. The molecule has 9 aromatic rings. The molecule has 1 heterocycles. The van der Waals surface area contributed by atoms with E-state index in [1.54, 1.807) is 11.1 Å². The molecule has 4 nitrogen and oxygen atoms in total. The number of hydrogen-bond donors (Lipinski definition) is 0. The van der Waals surface area contributed by atoms with Crippen LogP contribution in [-0.2, 0) is 10.8 Å². The quantitative estimate of drug-likeness (QED) is 0.173. The van der Waals surface area contributed by atoms with E-state index >= 15 is 0 Å². The molecular formula is C63H46N4. The van der Waals surface area contributed by atoms with Crippen LogP contribution < -0.4 is 0 Å². The first-order chi connectivity index (χ1) is 33.1. The van der Waals surface area contributed by atoms with E-state index in [2.05, 4.69) is 140 Å². The maximum atomic E-state index is 9.94. The third-order valence-electron chi connectivity index (χ3n) is 16.6. The Bertz CT molecular complexity index is 3450. The van der Waals surface area contributed by atoms with Gasteiger partial charge in [-0.2, -0.15) is 5.26 Å². The number of aromatic nitrogens is 3. The lowest BCUT2D eigenvalue weighted by atomic mass is 9.38. The molecule has 1 aromatic heterocycles. The van der Waals surface area contributed by atoms with Crippen LogP contribution in [0.2, 0.25) is 0 Å². The van der Waals surface area contributed by atoms with Crippen molar-refractivity contribution in [3.63, 3.8) is 0 Å². The zero-order chi connectivity index (χ0) is 44.3. The van der Waals surface area contributed by atoms with Crippen molar-refractivity contribution in [2.45, 2.75) is 42.9 Å². The van der Waals surface area contributed by atoms with E-state index in [-0.39, 0.29) is 5.41 Å². The van der Waals surface area contributed by atoms with Crippen LogP contribution in [0.1, 0.15) is 71.0 Å². The molecule has 4 saturated carbocycles. The van der Waals surface area contributed by atoms with Gasteiger partial charge in [0, 0.05) is 22.1 Å². The van der Waals surface area contributed by atoms with Gasteiger partial charge in [0.05, 0.1) is 17.0 Å². The van der Waals surface area contributed by atoms with E-state index in [0.717, 1.165) is 45.2 Å². The van der Waals surface area contributed by atoms with Crippen molar-refractivity contribution in [3.8, 4) is 73.6 Å². The summed E-state index contributed by atoms with van der Waals surface area (Å²) in [5, 5.41) is 9.94. The average molecular weight is 859 g/mol. The van der Waals surface area contributed by atoms with Crippen LogP contribution in [0.3, 0.4) is 0 Å². The molecule has 6 aliphatic carbocycles. The van der Waals surface area contributed by atoms with Crippen LogP contribution in [0.5, 0.6) is 0 Å². The summed E-state index contributed by atoms with van der Waals surface area (Å²) in [7, 11) is 0. The largest absolute Gasteiger partial charge is 0.208 e. The molecule has 0 N–H and O–H groups in total. The smallest absolute Gasteiger partial charge is 0.164 e. The monoisotopic (exact) mass is 858 g/mol. The van der Waals surface area contributed by atoms with Crippen molar-refractivity contribution >= 4 is 0 Å². The summed E-state index contributed by atoms with van der Waals surface area (Å²) >= 11 is 0. The number of benzene rings is 8. The van der Waals surface area contributed by atoms with Crippen LogP contribution in [0, 0.1) is 35.0 Å². The second kappa shape index (κ2) is 14.6. The normalized spacial score (nSPS) is 21.9. The standard InChI is InChI=1S/C63H46N4/c64-38-47-16-4-5-21-50(47)44-18-13-20-46(36-44)61-66-59(41-14-2-1-3-15-41)65-60(67-61)45-19-12-17-42(35-45)43-28-29-57-58(37-43)62(48-31-39-30-40(33-48)34-49(62)32-39)55-26-10-11-27-56(55)63(57)53-24-8-6-22-51(53)52-23-7-9-25-54(52)63/h1-29,35-37,39-40,48-49H,30-34H2. The number of hydrogen-bond acceptors (Lipinski definition) is 4. The van der Waals surface area contributed by atoms with Crippen LogP contribution >= 0.6 is 0 Å². The summed E-state index contributed by atoms with van der Waals surface area (Å²) in [6, 6.07) is 73.0. The van der Waals surface area contributed by atoms with Crippen molar-refractivity contribution < 1.29 is 0 Å². The zero-order valence-electron chi connectivity index (χ0n) is 37.1. The van der Waals surface area contributed by atoms with Crippen molar-refractivity contribution in [1.29, 1.82) is 5.26 Å². The third kappa shape index (κ3) is 5.49. The maximum absolute atomic E-state index is 9.94. The number of rotatable bonds is 5. The Hall–Kier alpha value is -7.74. The molecule has 6 aliphatic rings. The highest BCUT2D eigenvalue weighted by molar-refractivity contribution is 5.89. The van der Waals surface area contributed by atoms with E-state index in [1.165, 1.54) is 71.0 Å². The van der Waals surface area contributed by atoms with Gasteiger partial charge in [0.15, 0.2) is 17.5 Å². The van der Waals surface area contributed by atoms with Gasteiger partial charge in [0.1, 0.15) is 0 Å². The summed E-state index contributed by atoms with van der Waals surface area (Å²) < 4.78 is 0. The van der Waals surface area contributed by atoms with E-state index < -0.39 is 5.41 Å². The summed E-state index contributed by atoms with van der Waals surface area (Å²) in [4.78, 5) is 15.5. The first-order valence-corrected chi connectivity index (χ1v) is 24.1. The van der Waals surface area contributed by atoms with Crippen molar-refractivity contribution in [1.82, 2.24) is 15.0 Å². The van der Waals surface area contributed by atoms with Crippen LogP contribution in [0.15, 0.2) is 194 Å². The fraction of sp³-hybridized carbons (Fsp3) is 0.175. The lowest BCUT2D eigenvalue weighted by Gasteiger charge is -2.65. The molecule has 0 amide bonds. The van der Waals surface area contributed by atoms with Crippen molar-refractivity contribution in [3.05, 3.63) is 233 Å². The first kappa shape index (κ1) is 38.5. The lowest BCUT2D eigenvalue weighted by molar-refractivity contribution is -0.0440. The molecule has 0 unspecified atom stereocenters. The van der Waals surface area contributed by atoms with E-state index in [4.69, 9.17) is 15.0 Å². The van der Waals surface area contributed by atoms with E-state index in [1.807, 2.05) is 60.7 Å². The van der Waals surface area contributed by atoms with Gasteiger partial charge in [-0.1, -0.05) is 170 Å². The summed E-state index contributed by atoms with van der Waals surface area (Å²) in [6.45, 7) is 0. The Kier molecular flexibility index (Phi) is 8.41. The molecular weight excluding hydrogens is 813 g/mol. The second-order valence-electron chi connectivity index (χ2n) is 19.8. The lowest BCUT2D eigenvalue weighted by Crippen LogP contribution is -2.59. The van der Waals surface area contributed by atoms with Gasteiger partial charge in [-0.15, -0.1) is 0 Å². The Morgan fingerprint density at radius 2 is 0.821 bits per heavy atom. The molecule has 0 saturated heterocycles. The zero-order valence-corrected chi connectivity index (χ0v) is 37.1. The molecule has 67 heavy (non-hydrogen) atoms. The molecule has 0 radical (unpaired) electrons. The number of nitriles is 1. The molecule has 15 rings (SSSR count). The average Bonchev–Trinajstić information content (AvgIpc) is 3.69. The molecule has 0 atom stereocenters. The SMILES string of the molecule is N#Cc1ccccc1-c1cccc(-c2nc(-c3ccccc3)nc(-c3cccc(-c4ccc5c(c4)C4(c6ccccc6C56c5ccccc5-c5ccccc56)C5CC6CC(C5)CC4C6)c3)n2)c1. The highest BCUT2D eigenvalue weighted by Crippen LogP contribution is 2.71. The topological polar surface area (TPSA) is 62.5 Å². The highest BCUT2D eigenvalue weighted by Gasteiger charge is 2.64.